The minimum absolute atomic E-state index is 0. The van der Waals surface area contributed by atoms with Crippen molar-refractivity contribution in [3.8, 4) is 5.75 Å². The zero-order valence-corrected chi connectivity index (χ0v) is 15.5. The van der Waals surface area contributed by atoms with E-state index in [1.54, 1.807) is 37.3 Å². The lowest BCUT2D eigenvalue weighted by molar-refractivity contribution is -0.122. The van der Waals surface area contributed by atoms with E-state index in [0.29, 0.717) is 16.5 Å². The molecule has 2 atom stereocenters. The molecule has 6 heteroatoms. The topological polar surface area (TPSA) is 55.6 Å². The van der Waals surface area contributed by atoms with Crippen molar-refractivity contribution in [2.75, 3.05) is 19.1 Å². The summed E-state index contributed by atoms with van der Waals surface area (Å²) in [7, 11) is 3.27. The van der Waals surface area contributed by atoms with E-state index in [1.807, 2.05) is 37.3 Å². The predicted octanol–water partition coefficient (Wildman–Crippen LogP) is 4.07. The van der Waals surface area contributed by atoms with Crippen molar-refractivity contribution >= 4 is 35.6 Å². The molecule has 0 spiro atoms. The Morgan fingerprint density at radius 2 is 1.83 bits per heavy atom. The molecule has 0 bridgehead atoms. The first kappa shape index (κ1) is 20.3. The number of ether oxygens (including phenoxy) is 1. The number of benzene rings is 2. The lowest BCUT2D eigenvalue weighted by atomic mass is 9.94. The molecule has 0 aliphatic heterocycles. The van der Waals surface area contributed by atoms with Crippen LogP contribution in [0, 0.1) is 5.92 Å². The van der Waals surface area contributed by atoms with Crippen molar-refractivity contribution in [1.82, 2.24) is 0 Å². The molecule has 2 rings (SSSR count). The van der Waals surface area contributed by atoms with Gasteiger partial charge in [-0.05, 0) is 23.8 Å². The zero-order chi connectivity index (χ0) is 17.0. The third-order valence-electron chi connectivity index (χ3n) is 3.97. The predicted molar refractivity (Wildman–Crippen MR) is 101 cm³/mol. The molecule has 2 aromatic rings. The van der Waals surface area contributed by atoms with Gasteiger partial charge in [0.25, 0.3) is 0 Å². The van der Waals surface area contributed by atoms with Crippen LogP contribution < -0.4 is 15.4 Å². The van der Waals surface area contributed by atoms with Gasteiger partial charge in [-0.2, -0.15) is 0 Å². The summed E-state index contributed by atoms with van der Waals surface area (Å²) in [5.74, 6) is 0.149. The van der Waals surface area contributed by atoms with Crippen LogP contribution in [0.15, 0.2) is 48.5 Å². The van der Waals surface area contributed by atoms with E-state index in [1.165, 1.54) is 0 Å². The van der Waals surface area contributed by atoms with Crippen LogP contribution in [-0.2, 0) is 4.79 Å². The summed E-state index contributed by atoms with van der Waals surface area (Å²) < 4.78 is 5.13. The van der Waals surface area contributed by atoms with Gasteiger partial charge in [0, 0.05) is 18.8 Å². The standard InChI is InChI=1S/C18H21ClN2O2.ClH/c1-12(17(20)13-7-5-4-6-8-13)18(22)21(2)14-9-10-16(23-3)15(19)11-14;/h4-12,17H,20H2,1-3H3;1H. The van der Waals surface area contributed by atoms with Gasteiger partial charge in [-0.1, -0.05) is 48.9 Å². The molecule has 2 aromatic carbocycles. The molecule has 0 aromatic heterocycles. The number of methoxy groups -OCH3 is 1. The average molecular weight is 369 g/mol. The van der Waals surface area contributed by atoms with Gasteiger partial charge in [-0.25, -0.2) is 0 Å². The maximum atomic E-state index is 12.7. The monoisotopic (exact) mass is 368 g/mol. The molecule has 0 aliphatic rings. The summed E-state index contributed by atoms with van der Waals surface area (Å²) in [6, 6.07) is 14.5. The molecule has 0 aliphatic carbocycles. The average Bonchev–Trinajstić information content (AvgIpc) is 2.59. The highest BCUT2D eigenvalue weighted by Crippen LogP contribution is 2.30. The highest BCUT2D eigenvalue weighted by Gasteiger charge is 2.25. The third-order valence-corrected chi connectivity index (χ3v) is 4.26. The van der Waals surface area contributed by atoms with Crippen molar-refractivity contribution in [3.05, 3.63) is 59.1 Å². The van der Waals surface area contributed by atoms with Crippen LogP contribution in [0.25, 0.3) is 0 Å². The van der Waals surface area contributed by atoms with Gasteiger partial charge < -0.3 is 15.4 Å². The quantitative estimate of drug-likeness (QED) is 0.865. The first-order chi connectivity index (χ1) is 11.0. The Hall–Kier alpha value is -1.75. The van der Waals surface area contributed by atoms with Crippen LogP contribution in [-0.4, -0.2) is 20.1 Å². The Kier molecular flexibility index (Phi) is 7.55. The van der Waals surface area contributed by atoms with Crippen LogP contribution in [0.1, 0.15) is 18.5 Å². The maximum absolute atomic E-state index is 12.7. The minimum atomic E-state index is -0.361. The summed E-state index contributed by atoms with van der Waals surface area (Å²) >= 11 is 6.13. The summed E-state index contributed by atoms with van der Waals surface area (Å²) in [5, 5.41) is 0.463. The van der Waals surface area contributed by atoms with E-state index in [0.717, 1.165) is 5.56 Å². The number of carbonyl (C=O) groups excluding carboxylic acids is 1. The molecular formula is C18H22Cl2N2O2. The number of nitrogens with two attached hydrogens (primary N) is 1. The van der Waals surface area contributed by atoms with Crippen LogP contribution in [0.3, 0.4) is 0 Å². The SMILES string of the molecule is COc1ccc(N(C)C(=O)C(C)C(N)c2ccccc2)cc1Cl.Cl. The van der Waals surface area contributed by atoms with Crippen LogP contribution in [0.2, 0.25) is 5.02 Å². The first-order valence-electron chi connectivity index (χ1n) is 7.37. The van der Waals surface area contributed by atoms with E-state index < -0.39 is 0 Å². The molecule has 0 fully saturated rings. The lowest BCUT2D eigenvalue weighted by Gasteiger charge is -2.26. The number of halogens is 2. The summed E-state index contributed by atoms with van der Waals surface area (Å²) in [6.07, 6.45) is 0. The minimum Gasteiger partial charge on any atom is -0.495 e. The number of carbonyl (C=O) groups is 1. The van der Waals surface area contributed by atoms with Crippen LogP contribution in [0.5, 0.6) is 5.75 Å². The third kappa shape index (κ3) is 4.41. The van der Waals surface area contributed by atoms with E-state index >= 15 is 0 Å². The van der Waals surface area contributed by atoms with E-state index in [2.05, 4.69) is 0 Å². The number of nitrogens with zero attached hydrogens (tertiary/aromatic N) is 1. The normalized spacial score (nSPS) is 12.7. The summed E-state index contributed by atoms with van der Waals surface area (Å²) in [5.41, 5.74) is 7.88. The Morgan fingerprint density at radius 1 is 1.21 bits per heavy atom. The molecule has 0 radical (unpaired) electrons. The van der Waals surface area contributed by atoms with E-state index in [4.69, 9.17) is 22.1 Å². The Morgan fingerprint density at radius 3 is 2.38 bits per heavy atom. The van der Waals surface area contributed by atoms with Crippen molar-refractivity contribution in [3.63, 3.8) is 0 Å². The second-order valence-corrected chi connectivity index (χ2v) is 5.85. The maximum Gasteiger partial charge on any atom is 0.231 e. The first-order valence-corrected chi connectivity index (χ1v) is 7.75. The largest absolute Gasteiger partial charge is 0.495 e. The van der Waals surface area contributed by atoms with Gasteiger partial charge in [-0.15, -0.1) is 12.4 Å². The van der Waals surface area contributed by atoms with Crippen molar-refractivity contribution in [2.45, 2.75) is 13.0 Å². The lowest BCUT2D eigenvalue weighted by Crippen LogP contribution is -2.37. The molecule has 24 heavy (non-hydrogen) atoms. The number of amides is 1. The molecule has 1 amide bonds. The fourth-order valence-corrected chi connectivity index (χ4v) is 2.67. The number of anilines is 1. The fraction of sp³-hybridized carbons (Fsp3) is 0.278. The zero-order valence-electron chi connectivity index (χ0n) is 13.9. The Balaban J connectivity index is 0.00000288. The Bertz CT molecular complexity index is 680. The fourth-order valence-electron chi connectivity index (χ4n) is 2.41. The summed E-state index contributed by atoms with van der Waals surface area (Å²) in [4.78, 5) is 14.3. The van der Waals surface area contributed by atoms with Gasteiger partial charge in [0.2, 0.25) is 5.91 Å². The van der Waals surface area contributed by atoms with Crippen LogP contribution >= 0.6 is 24.0 Å². The second kappa shape index (κ2) is 8.92. The molecule has 130 valence electrons. The number of rotatable bonds is 5. The summed E-state index contributed by atoms with van der Waals surface area (Å²) in [6.45, 7) is 1.83. The van der Waals surface area contributed by atoms with E-state index in [9.17, 15) is 4.79 Å². The molecular weight excluding hydrogens is 347 g/mol. The van der Waals surface area contributed by atoms with Gasteiger partial charge in [0.05, 0.1) is 18.1 Å². The van der Waals surface area contributed by atoms with Gasteiger partial charge >= 0.3 is 0 Å². The molecule has 0 saturated carbocycles. The number of hydrogen-bond donors (Lipinski definition) is 1. The van der Waals surface area contributed by atoms with Crippen molar-refractivity contribution < 1.29 is 9.53 Å². The van der Waals surface area contributed by atoms with Crippen LogP contribution in [0.4, 0.5) is 5.69 Å². The van der Waals surface area contributed by atoms with Gasteiger partial charge in [-0.3, -0.25) is 4.79 Å². The molecule has 0 saturated heterocycles. The van der Waals surface area contributed by atoms with Gasteiger partial charge in [0.15, 0.2) is 0 Å². The van der Waals surface area contributed by atoms with E-state index in [-0.39, 0.29) is 30.3 Å². The van der Waals surface area contributed by atoms with Crippen molar-refractivity contribution in [2.24, 2.45) is 11.7 Å². The molecule has 0 heterocycles. The molecule has 2 N–H and O–H groups in total. The second-order valence-electron chi connectivity index (χ2n) is 5.44. The smallest absolute Gasteiger partial charge is 0.231 e. The number of hydrogen-bond acceptors (Lipinski definition) is 3. The molecule has 4 nitrogen and oxygen atoms in total. The molecule has 2 unspecified atom stereocenters. The van der Waals surface area contributed by atoms with Gasteiger partial charge in [0.1, 0.15) is 5.75 Å². The highest BCUT2D eigenvalue weighted by molar-refractivity contribution is 6.32. The Labute approximate surface area is 154 Å². The highest BCUT2D eigenvalue weighted by atomic mass is 35.5. The van der Waals surface area contributed by atoms with Crippen molar-refractivity contribution in [1.29, 1.82) is 0 Å².